The monoisotopic (exact) mass is 533 g/mol. The third-order valence-corrected chi connectivity index (χ3v) is 5.58. The van der Waals surface area contributed by atoms with Crippen molar-refractivity contribution < 1.29 is 36.6 Å². The maximum Gasteiger partial charge on any atom is 0.573 e. The molecule has 2 aromatic carbocycles. The third kappa shape index (κ3) is 7.01. The van der Waals surface area contributed by atoms with E-state index < -0.39 is 29.7 Å². The minimum atomic E-state index is -5.01. The Balaban J connectivity index is 1.50. The van der Waals surface area contributed by atoms with E-state index in [1.807, 2.05) is 0 Å². The Hall–Kier alpha value is -4.10. The summed E-state index contributed by atoms with van der Waals surface area (Å²) in [7, 11) is 0. The standard InChI is InChI=1S/C25H23F4N5O4/c1-15-3-2-4-17(26)23(15)19-12-31-21(13-30-19)33-24(36)16-5-6-20(38-25(27,28)29)18(11-16)32-22(35)14-34-7-9-37-10-8-34/h2-6,11-13H,7-10,14H2,1H3,(H,32,35)(H,31,33,36). The number of aryl methyl sites for hydroxylation is 1. The number of rotatable bonds is 7. The van der Waals surface area contributed by atoms with E-state index in [1.54, 1.807) is 24.0 Å². The lowest BCUT2D eigenvalue weighted by molar-refractivity contribution is -0.274. The highest BCUT2D eigenvalue weighted by atomic mass is 19.4. The molecule has 0 bridgehead atoms. The van der Waals surface area contributed by atoms with Crippen LogP contribution in [0.5, 0.6) is 5.75 Å². The van der Waals surface area contributed by atoms with Gasteiger partial charge < -0.3 is 20.1 Å². The summed E-state index contributed by atoms with van der Waals surface area (Å²) in [5.41, 5.74) is 0.787. The van der Waals surface area contributed by atoms with Gasteiger partial charge in [0.25, 0.3) is 5.91 Å². The van der Waals surface area contributed by atoms with Gasteiger partial charge in [0.15, 0.2) is 11.6 Å². The topological polar surface area (TPSA) is 106 Å². The van der Waals surface area contributed by atoms with E-state index in [4.69, 9.17) is 4.74 Å². The number of hydrogen-bond acceptors (Lipinski definition) is 7. The molecule has 2 amide bonds. The molecule has 13 heteroatoms. The zero-order chi connectivity index (χ0) is 27.3. The molecular formula is C25H23F4N5O4. The smallest absolute Gasteiger partial charge is 0.404 e. The lowest BCUT2D eigenvalue weighted by Gasteiger charge is -2.26. The molecule has 200 valence electrons. The molecule has 0 radical (unpaired) electrons. The predicted molar refractivity (Wildman–Crippen MR) is 129 cm³/mol. The summed E-state index contributed by atoms with van der Waals surface area (Å²) in [4.78, 5) is 35.3. The highest BCUT2D eigenvalue weighted by molar-refractivity contribution is 6.05. The third-order valence-electron chi connectivity index (χ3n) is 5.58. The van der Waals surface area contributed by atoms with E-state index >= 15 is 0 Å². The molecule has 1 saturated heterocycles. The van der Waals surface area contributed by atoms with Crippen LogP contribution in [-0.4, -0.2) is 65.9 Å². The maximum atomic E-state index is 14.2. The average molecular weight is 533 g/mol. The van der Waals surface area contributed by atoms with Gasteiger partial charge in [-0.25, -0.2) is 9.37 Å². The van der Waals surface area contributed by atoms with E-state index in [0.717, 1.165) is 18.2 Å². The first kappa shape index (κ1) is 26.9. The Morgan fingerprint density at radius 2 is 1.84 bits per heavy atom. The first-order valence-corrected chi connectivity index (χ1v) is 11.5. The number of ether oxygens (including phenoxy) is 2. The normalized spacial score (nSPS) is 14.1. The lowest BCUT2D eigenvalue weighted by Crippen LogP contribution is -2.41. The molecule has 0 unspecified atom stereocenters. The van der Waals surface area contributed by atoms with Crippen molar-refractivity contribution >= 4 is 23.3 Å². The highest BCUT2D eigenvalue weighted by Gasteiger charge is 2.32. The lowest BCUT2D eigenvalue weighted by atomic mass is 10.1. The van der Waals surface area contributed by atoms with Crippen LogP contribution in [0, 0.1) is 12.7 Å². The van der Waals surface area contributed by atoms with Crippen LogP contribution >= 0.6 is 0 Å². The number of carbonyl (C=O) groups is 2. The fourth-order valence-corrected chi connectivity index (χ4v) is 3.80. The van der Waals surface area contributed by atoms with E-state index in [-0.39, 0.29) is 34.9 Å². The Kier molecular flexibility index (Phi) is 8.17. The molecule has 9 nitrogen and oxygen atoms in total. The largest absolute Gasteiger partial charge is 0.573 e. The van der Waals surface area contributed by atoms with Crippen molar-refractivity contribution in [3.8, 4) is 17.0 Å². The van der Waals surface area contributed by atoms with Gasteiger partial charge >= 0.3 is 6.36 Å². The molecule has 0 aliphatic carbocycles. The molecule has 38 heavy (non-hydrogen) atoms. The Morgan fingerprint density at radius 1 is 1.08 bits per heavy atom. The molecule has 1 aliphatic rings. The summed E-state index contributed by atoms with van der Waals surface area (Å²) >= 11 is 0. The van der Waals surface area contributed by atoms with Crippen LogP contribution in [0.4, 0.5) is 29.1 Å². The number of hydrogen-bond donors (Lipinski definition) is 2. The number of alkyl halides is 3. The maximum absolute atomic E-state index is 14.2. The number of carbonyl (C=O) groups excluding carboxylic acids is 2. The van der Waals surface area contributed by atoms with Crippen LogP contribution < -0.4 is 15.4 Å². The number of amides is 2. The van der Waals surface area contributed by atoms with Crippen molar-refractivity contribution in [1.82, 2.24) is 14.9 Å². The SMILES string of the molecule is Cc1cccc(F)c1-c1cnc(NC(=O)c2ccc(OC(F)(F)F)c(NC(=O)CN3CCOCC3)c2)cn1. The second kappa shape index (κ2) is 11.5. The van der Waals surface area contributed by atoms with E-state index in [2.05, 4.69) is 25.3 Å². The van der Waals surface area contributed by atoms with Crippen molar-refractivity contribution in [2.75, 3.05) is 43.5 Å². The van der Waals surface area contributed by atoms with Crippen LogP contribution in [0.15, 0.2) is 48.8 Å². The van der Waals surface area contributed by atoms with Crippen LogP contribution in [0.25, 0.3) is 11.3 Å². The molecule has 0 saturated carbocycles. The van der Waals surface area contributed by atoms with Crippen LogP contribution in [0.1, 0.15) is 15.9 Å². The highest BCUT2D eigenvalue weighted by Crippen LogP contribution is 2.32. The number of anilines is 2. The summed E-state index contributed by atoms with van der Waals surface area (Å²) < 4.78 is 62.2. The minimum Gasteiger partial charge on any atom is -0.404 e. The number of nitrogens with one attached hydrogen (secondary N) is 2. The first-order valence-electron chi connectivity index (χ1n) is 11.5. The summed E-state index contributed by atoms with van der Waals surface area (Å²) in [5, 5.41) is 4.86. The van der Waals surface area contributed by atoms with E-state index in [9.17, 15) is 27.2 Å². The molecule has 1 aliphatic heterocycles. The molecule has 1 aromatic heterocycles. The number of morpholine rings is 1. The Bertz CT molecular complexity index is 1290. The molecule has 0 atom stereocenters. The van der Waals surface area contributed by atoms with Crippen molar-refractivity contribution in [2.45, 2.75) is 13.3 Å². The molecule has 4 rings (SSSR count). The van der Waals surface area contributed by atoms with Gasteiger partial charge in [0.2, 0.25) is 5.91 Å². The van der Waals surface area contributed by atoms with Crippen LogP contribution in [0.3, 0.4) is 0 Å². The molecule has 2 heterocycles. The van der Waals surface area contributed by atoms with Crippen molar-refractivity contribution in [1.29, 1.82) is 0 Å². The number of halogens is 4. The molecule has 3 aromatic rings. The number of benzene rings is 2. The molecule has 2 N–H and O–H groups in total. The zero-order valence-corrected chi connectivity index (χ0v) is 20.1. The summed E-state index contributed by atoms with van der Waals surface area (Å²) in [6.45, 7) is 3.52. The van der Waals surface area contributed by atoms with Gasteiger partial charge in [-0.2, -0.15) is 0 Å². The van der Waals surface area contributed by atoms with Crippen molar-refractivity contribution in [2.24, 2.45) is 0 Å². The van der Waals surface area contributed by atoms with Crippen molar-refractivity contribution in [3.63, 3.8) is 0 Å². The van der Waals surface area contributed by atoms with Gasteiger partial charge in [0.05, 0.1) is 43.5 Å². The first-order chi connectivity index (χ1) is 18.1. The quantitative estimate of drug-likeness (QED) is 0.442. The number of nitrogens with zero attached hydrogens (tertiary/aromatic N) is 3. The van der Waals surface area contributed by atoms with Crippen LogP contribution in [0.2, 0.25) is 0 Å². The van der Waals surface area contributed by atoms with Gasteiger partial charge in [0.1, 0.15) is 5.82 Å². The minimum absolute atomic E-state index is 0.0289. The molecule has 0 spiro atoms. The van der Waals surface area contributed by atoms with Gasteiger partial charge in [-0.05, 0) is 36.8 Å². The summed E-state index contributed by atoms with van der Waals surface area (Å²) in [6.07, 6.45) is -2.49. The zero-order valence-electron chi connectivity index (χ0n) is 20.1. The second-order valence-electron chi connectivity index (χ2n) is 8.37. The van der Waals surface area contributed by atoms with Crippen LogP contribution in [-0.2, 0) is 9.53 Å². The van der Waals surface area contributed by atoms with Gasteiger partial charge in [-0.3, -0.25) is 19.5 Å². The number of aromatic nitrogens is 2. The fourth-order valence-electron chi connectivity index (χ4n) is 3.80. The molecule has 1 fully saturated rings. The second-order valence-corrected chi connectivity index (χ2v) is 8.37. The Morgan fingerprint density at radius 3 is 2.50 bits per heavy atom. The summed E-state index contributed by atoms with van der Waals surface area (Å²) in [6, 6.07) is 7.70. The Labute approximate surface area is 214 Å². The van der Waals surface area contributed by atoms with Gasteiger partial charge in [-0.15, -0.1) is 13.2 Å². The van der Waals surface area contributed by atoms with Gasteiger partial charge in [-0.1, -0.05) is 12.1 Å². The fraction of sp³-hybridized carbons (Fsp3) is 0.280. The molecular weight excluding hydrogens is 510 g/mol. The summed E-state index contributed by atoms with van der Waals surface area (Å²) in [5.74, 6) is -2.42. The van der Waals surface area contributed by atoms with Gasteiger partial charge in [0, 0.05) is 24.2 Å². The predicted octanol–water partition coefficient (Wildman–Crippen LogP) is 4.01. The van der Waals surface area contributed by atoms with E-state index in [0.29, 0.717) is 31.9 Å². The van der Waals surface area contributed by atoms with E-state index in [1.165, 1.54) is 18.5 Å². The van der Waals surface area contributed by atoms with Crippen molar-refractivity contribution in [3.05, 3.63) is 65.7 Å². The average Bonchev–Trinajstić information content (AvgIpc) is 2.85.